The van der Waals surface area contributed by atoms with Crippen LogP contribution in [0.4, 0.5) is 0 Å². The summed E-state index contributed by atoms with van der Waals surface area (Å²) in [5.74, 6) is 10.7. The Morgan fingerprint density at radius 2 is 1.24 bits per heavy atom. The molecule has 2 amide bonds. The second kappa shape index (κ2) is 17.1. The number of hydrogen-bond donors (Lipinski definition) is 3. The summed E-state index contributed by atoms with van der Waals surface area (Å²) >= 11 is 0. The van der Waals surface area contributed by atoms with Crippen LogP contribution in [-0.2, 0) is 20.4 Å². The minimum absolute atomic E-state index is 0. The lowest BCUT2D eigenvalue weighted by atomic mass is 9.74. The van der Waals surface area contributed by atoms with E-state index in [1.54, 1.807) is 14.1 Å². The summed E-state index contributed by atoms with van der Waals surface area (Å²) in [6.45, 7) is 4.40. The van der Waals surface area contributed by atoms with Gasteiger partial charge in [-0.25, -0.2) is 0 Å². The van der Waals surface area contributed by atoms with Gasteiger partial charge in [0.05, 0.1) is 0 Å². The van der Waals surface area contributed by atoms with E-state index in [1.165, 1.54) is 49.9 Å². The van der Waals surface area contributed by atoms with Crippen molar-refractivity contribution in [1.29, 1.82) is 0 Å². The zero-order valence-electron chi connectivity index (χ0n) is 28.9. The van der Waals surface area contributed by atoms with E-state index in [-0.39, 0.29) is 37.5 Å². The Kier molecular flexibility index (Phi) is 13.2. The fourth-order valence-corrected chi connectivity index (χ4v) is 9.50. The van der Waals surface area contributed by atoms with Gasteiger partial charge in [-0.3, -0.25) is 9.59 Å². The fraction of sp³-hybridized carbons (Fsp3) is 0.467. The highest BCUT2D eigenvalue weighted by Crippen LogP contribution is 2.51. The molecule has 2 aromatic carbocycles. The van der Waals surface area contributed by atoms with Gasteiger partial charge in [0.2, 0.25) is 0 Å². The molecule has 6 aliphatic rings. The molecule has 4 fully saturated rings. The average Bonchev–Trinajstić information content (AvgIpc) is 3.94. The maximum Gasteiger partial charge on any atom is 0.251 e. The van der Waals surface area contributed by atoms with Crippen molar-refractivity contribution in [2.45, 2.75) is 83.1 Å². The standard InChI is InChI=1S/C22H28N2O.C15H18N2O.C6H2.2CH4/c1-23-21(25)18-14-22(19-5-3-2-4-17(18)19)8-10-24(11-9-22)20-13-15-6-7-16(20)12-15;1-16-14(18)12-10-15(6-8-17-9-7-15)13-5-3-2-4-11(12)13;1-3-5-6-4-2;;/h2-5,14-16,20H,6-13H2,1H3,(H,23,25);2-5,10,17H,6-9H2,1H3,(H,16,18);1-2H;2*1H4. The maximum absolute atomic E-state index is 12.4. The summed E-state index contributed by atoms with van der Waals surface area (Å²) in [6, 6.07) is 17.7. The van der Waals surface area contributed by atoms with Gasteiger partial charge in [-0.15, -0.1) is 12.8 Å². The molecule has 6 heteroatoms. The molecule has 51 heavy (non-hydrogen) atoms. The first-order valence-electron chi connectivity index (χ1n) is 17.8. The third kappa shape index (κ3) is 7.72. The Bertz CT molecular complexity index is 1760. The molecule has 0 radical (unpaired) electrons. The largest absolute Gasteiger partial charge is 0.355 e. The molecule has 8 rings (SSSR count). The van der Waals surface area contributed by atoms with Crippen LogP contribution in [0.15, 0.2) is 60.7 Å². The minimum Gasteiger partial charge on any atom is -0.355 e. The number of nitrogens with zero attached hydrogens (tertiary/aromatic N) is 1. The molecule has 0 aromatic heterocycles. The van der Waals surface area contributed by atoms with Crippen LogP contribution in [-0.4, -0.2) is 63.0 Å². The number of carbonyl (C=O) groups excluding carboxylic acids is 2. The summed E-state index contributed by atoms with van der Waals surface area (Å²) < 4.78 is 0. The number of rotatable bonds is 3. The molecule has 3 atom stereocenters. The number of likely N-dealkylation sites (N-methyl/N-ethyl adjacent to an activating group) is 2. The van der Waals surface area contributed by atoms with Gasteiger partial charge in [0.25, 0.3) is 11.8 Å². The smallest absolute Gasteiger partial charge is 0.251 e. The number of nitrogens with one attached hydrogen (secondary N) is 3. The number of fused-ring (bicyclic) bond motifs is 6. The molecule has 2 spiro atoms. The van der Waals surface area contributed by atoms with E-state index in [0.717, 1.165) is 78.9 Å². The predicted octanol–water partition coefficient (Wildman–Crippen LogP) is 6.33. The molecule has 2 saturated carbocycles. The van der Waals surface area contributed by atoms with Gasteiger partial charge in [0, 0.05) is 42.1 Å². The molecule has 6 nitrogen and oxygen atoms in total. The van der Waals surface area contributed by atoms with Gasteiger partial charge >= 0.3 is 0 Å². The van der Waals surface area contributed by atoms with Crippen LogP contribution < -0.4 is 16.0 Å². The molecule has 3 unspecified atom stereocenters. The number of terminal acetylenes is 2. The van der Waals surface area contributed by atoms with Crippen molar-refractivity contribution in [2.75, 3.05) is 40.3 Å². The molecule has 2 saturated heterocycles. The van der Waals surface area contributed by atoms with E-state index < -0.39 is 0 Å². The van der Waals surface area contributed by atoms with Gasteiger partial charge in [-0.05, 0) is 129 Å². The first-order chi connectivity index (χ1) is 23.9. The number of likely N-dealkylation sites (tertiary alicyclic amines) is 1. The second-order valence-corrected chi connectivity index (χ2v) is 14.2. The fourth-order valence-electron chi connectivity index (χ4n) is 9.50. The van der Waals surface area contributed by atoms with Crippen molar-refractivity contribution in [3.8, 4) is 36.5 Å². The topological polar surface area (TPSA) is 73.5 Å². The summed E-state index contributed by atoms with van der Waals surface area (Å²) in [5.41, 5.74) is 6.83. The first-order valence-corrected chi connectivity index (χ1v) is 17.8. The van der Waals surface area contributed by atoms with Crippen LogP contribution in [0.2, 0.25) is 0 Å². The number of benzene rings is 2. The Morgan fingerprint density at radius 3 is 1.67 bits per heavy atom. The van der Waals surface area contributed by atoms with E-state index >= 15 is 0 Å². The third-order valence-corrected chi connectivity index (χ3v) is 11.9. The molecule has 2 aromatic rings. The number of amides is 2. The summed E-state index contributed by atoms with van der Waals surface area (Å²) in [5, 5.41) is 8.97. The molecule has 2 aliphatic heterocycles. The monoisotopic (exact) mass is 684 g/mol. The van der Waals surface area contributed by atoms with Crippen molar-refractivity contribution < 1.29 is 9.59 Å². The highest BCUT2D eigenvalue weighted by molar-refractivity contribution is 6.22. The van der Waals surface area contributed by atoms with Crippen molar-refractivity contribution >= 4 is 23.0 Å². The van der Waals surface area contributed by atoms with Crippen molar-refractivity contribution in [3.05, 3.63) is 82.9 Å². The highest BCUT2D eigenvalue weighted by atomic mass is 16.2. The van der Waals surface area contributed by atoms with E-state index in [4.69, 9.17) is 12.8 Å². The predicted molar refractivity (Wildman–Crippen MR) is 211 cm³/mol. The van der Waals surface area contributed by atoms with Crippen LogP contribution in [0, 0.1) is 48.4 Å². The van der Waals surface area contributed by atoms with Gasteiger partial charge in [0.1, 0.15) is 0 Å². The molecule has 3 N–H and O–H groups in total. The van der Waals surface area contributed by atoms with Crippen LogP contribution in [0.3, 0.4) is 0 Å². The Labute approximate surface area is 307 Å². The minimum atomic E-state index is 0. The van der Waals surface area contributed by atoms with E-state index in [2.05, 4.69) is 99.1 Å². The lowest BCUT2D eigenvalue weighted by Crippen LogP contribution is -2.47. The Hall–Kier alpha value is -4.54. The molecule has 4 aliphatic carbocycles. The SMILES string of the molecule is C.C.C#CC#CC#C.CNC(=O)C1=CC2(CCN(C3CC4CCC3C4)CC2)c2ccccc21.CNC(=O)C1=CC2(CCNCC2)c2ccccc21. The molecule has 2 bridgehead atoms. The Morgan fingerprint density at radius 1 is 0.745 bits per heavy atom. The van der Waals surface area contributed by atoms with Crippen LogP contribution in [0.5, 0.6) is 0 Å². The molecule has 268 valence electrons. The number of carbonyl (C=O) groups is 2. The van der Waals surface area contributed by atoms with Crippen LogP contribution >= 0.6 is 0 Å². The van der Waals surface area contributed by atoms with Gasteiger partial charge in [0.15, 0.2) is 0 Å². The van der Waals surface area contributed by atoms with Gasteiger partial charge in [-0.1, -0.05) is 82.0 Å². The normalized spacial score (nSPS) is 23.6. The quantitative estimate of drug-likeness (QED) is 0.331. The summed E-state index contributed by atoms with van der Waals surface area (Å²) in [7, 11) is 3.42. The van der Waals surface area contributed by atoms with Crippen molar-refractivity contribution in [1.82, 2.24) is 20.9 Å². The highest BCUT2D eigenvalue weighted by Gasteiger charge is 2.47. The summed E-state index contributed by atoms with van der Waals surface area (Å²) in [4.78, 5) is 27.2. The van der Waals surface area contributed by atoms with Gasteiger partial charge < -0.3 is 20.9 Å². The summed E-state index contributed by atoms with van der Waals surface area (Å²) in [6.07, 6.45) is 24.2. The van der Waals surface area contributed by atoms with E-state index in [1.807, 2.05) is 6.07 Å². The first kappa shape index (κ1) is 39.2. The lowest BCUT2D eigenvalue weighted by Gasteiger charge is -2.44. The number of hydrogen-bond acceptors (Lipinski definition) is 4. The van der Waals surface area contributed by atoms with Crippen molar-refractivity contribution in [2.24, 2.45) is 11.8 Å². The number of allylic oxidation sites excluding steroid dienone is 2. The number of piperidine rings is 2. The lowest BCUT2D eigenvalue weighted by molar-refractivity contribution is -0.115. The maximum atomic E-state index is 12.4. The molecular weight excluding hydrogens is 629 g/mol. The Balaban J connectivity index is 0.000000198. The molecular formula is C45H56N4O2. The van der Waals surface area contributed by atoms with Gasteiger partial charge in [-0.2, -0.15) is 0 Å². The van der Waals surface area contributed by atoms with Crippen LogP contribution in [0.25, 0.3) is 11.1 Å². The zero-order valence-corrected chi connectivity index (χ0v) is 28.9. The van der Waals surface area contributed by atoms with E-state index in [9.17, 15) is 9.59 Å². The van der Waals surface area contributed by atoms with Crippen molar-refractivity contribution in [3.63, 3.8) is 0 Å². The van der Waals surface area contributed by atoms with Crippen LogP contribution in [0.1, 0.15) is 88.5 Å². The third-order valence-electron chi connectivity index (χ3n) is 11.9. The molecule has 2 heterocycles. The zero-order chi connectivity index (χ0) is 34.4. The second-order valence-electron chi connectivity index (χ2n) is 14.2. The average molecular weight is 685 g/mol. The van der Waals surface area contributed by atoms with E-state index in [0.29, 0.717) is 0 Å².